The summed E-state index contributed by atoms with van der Waals surface area (Å²) in [6.45, 7) is 6.98. The van der Waals surface area contributed by atoms with E-state index in [0.29, 0.717) is 34.4 Å². The Labute approximate surface area is 167 Å². The minimum atomic E-state index is -4.40. The van der Waals surface area contributed by atoms with Crippen molar-refractivity contribution in [1.82, 2.24) is 9.88 Å². The fraction of sp³-hybridized carbons (Fsp3) is 0.524. The molecular formula is C21H25F3N2OS. The van der Waals surface area contributed by atoms with Crippen LogP contribution in [0.25, 0.3) is 11.3 Å². The smallest absolute Gasteiger partial charge is 0.300 e. The summed E-state index contributed by atoms with van der Waals surface area (Å²) >= 11 is 1.44. The fourth-order valence-corrected chi connectivity index (χ4v) is 4.87. The lowest BCUT2D eigenvalue weighted by Gasteiger charge is -2.33. The van der Waals surface area contributed by atoms with Crippen LogP contribution < -0.4 is 0 Å². The number of hydrogen-bond acceptors (Lipinski definition) is 4. The molecule has 0 amide bonds. The van der Waals surface area contributed by atoms with Crippen LogP contribution in [-0.4, -0.2) is 28.3 Å². The van der Waals surface area contributed by atoms with Crippen LogP contribution in [0.1, 0.15) is 54.1 Å². The number of aryl methyl sites for hydroxylation is 1. The Morgan fingerprint density at radius 3 is 2.68 bits per heavy atom. The van der Waals surface area contributed by atoms with E-state index in [1.807, 2.05) is 0 Å². The zero-order valence-electron chi connectivity index (χ0n) is 16.4. The Hall–Kier alpha value is -1.73. The number of carbonyl (C=O) groups is 1. The SMILES string of the molecule is CC(=O)Cc1nc(-c2cc(C)cc(C(F)(F)F)c2)c(CN2CCCC[C@H]2C)s1. The fourth-order valence-electron chi connectivity index (χ4n) is 3.68. The minimum Gasteiger partial charge on any atom is -0.300 e. The van der Waals surface area contributed by atoms with Crippen LogP contribution in [0.4, 0.5) is 13.2 Å². The van der Waals surface area contributed by atoms with Crippen molar-refractivity contribution in [2.75, 3.05) is 6.54 Å². The summed E-state index contributed by atoms with van der Waals surface area (Å²) in [6, 6.07) is 4.50. The number of alkyl halides is 3. The van der Waals surface area contributed by atoms with Gasteiger partial charge in [0.15, 0.2) is 0 Å². The predicted octanol–water partition coefficient (Wildman–Crippen LogP) is 5.64. The molecule has 28 heavy (non-hydrogen) atoms. The van der Waals surface area contributed by atoms with Crippen molar-refractivity contribution in [2.24, 2.45) is 0 Å². The predicted molar refractivity (Wildman–Crippen MR) is 105 cm³/mol. The van der Waals surface area contributed by atoms with E-state index in [0.717, 1.165) is 30.3 Å². The van der Waals surface area contributed by atoms with Gasteiger partial charge in [0.2, 0.25) is 0 Å². The van der Waals surface area contributed by atoms with Crippen molar-refractivity contribution in [3.63, 3.8) is 0 Å². The number of carbonyl (C=O) groups excluding carboxylic acids is 1. The third kappa shape index (κ3) is 5.00. The van der Waals surface area contributed by atoms with Gasteiger partial charge in [-0.15, -0.1) is 11.3 Å². The van der Waals surface area contributed by atoms with Crippen LogP contribution >= 0.6 is 11.3 Å². The average molecular weight is 411 g/mol. The number of likely N-dealkylation sites (tertiary alicyclic amines) is 1. The van der Waals surface area contributed by atoms with E-state index in [-0.39, 0.29) is 12.2 Å². The summed E-state index contributed by atoms with van der Waals surface area (Å²) < 4.78 is 39.9. The maximum atomic E-state index is 13.3. The van der Waals surface area contributed by atoms with Crippen molar-refractivity contribution in [1.29, 1.82) is 0 Å². The van der Waals surface area contributed by atoms with Crippen LogP contribution in [0, 0.1) is 6.92 Å². The van der Waals surface area contributed by atoms with Gasteiger partial charge in [-0.1, -0.05) is 6.42 Å². The highest BCUT2D eigenvalue weighted by Crippen LogP contribution is 2.36. The van der Waals surface area contributed by atoms with Crippen molar-refractivity contribution in [3.8, 4) is 11.3 Å². The quantitative estimate of drug-likeness (QED) is 0.639. The number of thiazole rings is 1. The van der Waals surface area contributed by atoms with Gasteiger partial charge in [-0.05, 0) is 63.9 Å². The normalized spacial score (nSPS) is 18.4. The van der Waals surface area contributed by atoms with Crippen molar-refractivity contribution >= 4 is 17.1 Å². The van der Waals surface area contributed by atoms with E-state index in [9.17, 15) is 18.0 Å². The first kappa shape index (κ1) is 21.0. The molecule has 0 bridgehead atoms. The zero-order valence-corrected chi connectivity index (χ0v) is 17.2. The number of aromatic nitrogens is 1. The number of halogens is 3. The standard InChI is InChI=1S/C21H25F3N2OS/c1-13-8-16(11-17(9-13)21(22,23)24)20-18(28-19(25-20)10-15(3)27)12-26-7-5-4-6-14(26)2/h8-9,11,14H,4-7,10,12H2,1-3H3/t14-/m1/s1. The van der Waals surface area contributed by atoms with E-state index in [2.05, 4.69) is 16.8 Å². The summed E-state index contributed by atoms with van der Waals surface area (Å²) in [4.78, 5) is 19.4. The summed E-state index contributed by atoms with van der Waals surface area (Å²) in [5.41, 5.74) is 0.926. The number of nitrogens with zero attached hydrogens (tertiary/aromatic N) is 2. The first-order valence-electron chi connectivity index (χ1n) is 9.55. The molecule has 1 aliphatic rings. The van der Waals surface area contributed by atoms with Gasteiger partial charge in [0.25, 0.3) is 0 Å². The third-order valence-corrected chi connectivity index (χ3v) is 6.15. The van der Waals surface area contributed by atoms with Crippen molar-refractivity contribution < 1.29 is 18.0 Å². The molecule has 7 heteroatoms. The minimum absolute atomic E-state index is 0.00147. The summed E-state index contributed by atoms with van der Waals surface area (Å²) in [5.74, 6) is -0.00147. The lowest BCUT2D eigenvalue weighted by molar-refractivity contribution is -0.137. The lowest BCUT2D eigenvalue weighted by Crippen LogP contribution is -2.36. The van der Waals surface area contributed by atoms with Crippen LogP contribution in [-0.2, 0) is 23.9 Å². The number of ketones is 1. The topological polar surface area (TPSA) is 33.2 Å². The molecule has 0 saturated carbocycles. The van der Waals surface area contributed by atoms with Crippen LogP contribution in [0.15, 0.2) is 18.2 Å². The van der Waals surface area contributed by atoms with Gasteiger partial charge in [-0.3, -0.25) is 9.69 Å². The molecular weight excluding hydrogens is 385 g/mol. The molecule has 0 aliphatic carbocycles. The van der Waals surface area contributed by atoms with Crippen molar-refractivity contribution in [3.05, 3.63) is 39.2 Å². The Kier molecular flexibility index (Phi) is 6.25. The van der Waals surface area contributed by atoms with E-state index in [1.165, 1.54) is 30.7 Å². The van der Waals surface area contributed by atoms with Gasteiger partial charge < -0.3 is 0 Å². The molecule has 1 atom stereocenters. The summed E-state index contributed by atoms with van der Waals surface area (Å²) in [5, 5.41) is 0.664. The van der Waals surface area contributed by atoms with Gasteiger partial charge >= 0.3 is 6.18 Å². The van der Waals surface area contributed by atoms with Gasteiger partial charge in [-0.2, -0.15) is 13.2 Å². The molecule has 2 aromatic rings. The van der Waals surface area contributed by atoms with E-state index in [4.69, 9.17) is 0 Å². The molecule has 0 spiro atoms. The van der Waals surface area contributed by atoms with Crippen LogP contribution in [0.2, 0.25) is 0 Å². The highest BCUT2D eigenvalue weighted by molar-refractivity contribution is 7.12. The molecule has 0 unspecified atom stereocenters. The molecule has 0 radical (unpaired) electrons. The monoisotopic (exact) mass is 410 g/mol. The Bertz CT molecular complexity index is 860. The second-order valence-corrected chi connectivity index (χ2v) is 8.83. The number of benzene rings is 1. The summed E-state index contributed by atoms with van der Waals surface area (Å²) in [7, 11) is 0. The second kappa shape index (κ2) is 8.33. The number of rotatable bonds is 5. The molecule has 1 aromatic carbocycles. The number of Topliss-reactive ketones (excluding diaryl/α,β-unsaturated/α-hetero) is 1. The maximum Gasteiger partial charge on any atom is 0.416 e. The molecule has 3 rings (SSSR count). The number of hydrogen-bond donors (Lipinski definition) is 0. The molecule has 1 saturated heterocycles. The summed E-state index contributed by atoms with van der Waals surface area (Å²) in [6.07, 6.45) is -0.736. The first-order valence-corrected chi connectivity index (χ1v) is 10.4. The zero-order chi connectivity index (χ0) is 20.5. The highest BCUT2D eigenvalue weighted by atomic mass is 32.1. The van der Waals surface area contributed by atoms with Crippen LogP contribution in [0.3, 0.4) is 0 Å². The molecule has 2 heterocycles. The van der Waals surface area contributed by atoms with Gasteiger partial charge in [0, 0.05) is 23.0 Å². The average Bonchev–Trinajstić information content (AvgIpc) is 2.97. The van der Waals surface area contributed by atoms with E-state index < -0.39 is 11.7 Å². The molecule has 152 valence electrons. The van der Waals surface area contributed by atoms with E-state index >= 15 is 0 Å². The molecule has 1 fully saturated rings. The first-order chi connectivity index (χ1) is 13.1. The Balaban J connectivity index is 2.02. The van der Waals surface area contributed by atoms with Gasteiger partial charge in [-0.25, -0.2) is 4.98 Å². The number of piperidine rings is 1. The highest BCUT2D eigenvalue weighted by Gasteiger charge is 2.31. The Morgan fingerprint density at radius 1 is 1.29 bits per heavy atom. The molecule has 0 N–H and O–H groups in total. The van der Waals surface area contributed by atoms with Crippen LogP contribution in [0.5, 0.6) is 0 Å². The largest absolute Gasteiger partial charge is 0.416 e. The van der Waals surface area contributed by atoms with Gasteiger partial charge in [0.05, 0.1) is 17.7 Å². The van der Waals surface area contributed by atoms with Gasteiger partial charge in [0.1, 0.15) is 10.8 Å². The third-order valence-electron chi connectivity index (χ3n) is 5.11. The maximum absolute atomic E-state index is 13.3. The Morgan fingerprint density at radius 2 is 2.04 bits per heavy atom. The molecule has 3 nitrogen and oxygen atoms in total. The second-order valence-electron chi connectivity index (χ2n) is 7.66. The van der Waals surface area contributed by atoms with Crippen molar-refractivity contribution in [2.45, 2.75) is 65.2 Å². The lowest BCUT2D eigenvalue weighted by atomic mass is 10.0. The van der Waals surface area contributed by atoms with E-state index in [1.54, 1.807) is 13.0 Å². The molecule has 1 aliphatic heterocycles. The molecule has 1 aromatic heterocycles.